The molecule has 2 rings (SSSR count). The number of sulfonamides is 1. The Morgan fingerprint density at radius 1 is 1.41 bits per heavy atom. The monoisotopic (exact) mass is 417 g/mol. The molecule has 1 aliphatic heterocycles. The number of hydrogen-bond acceptors (Lipinski definition) is 5. The van der Waals surface area contributed by atoms with Crippen molar-refractivity contribution in [3.05, 3.63) is 23.2 Å². The first-order valence-electron chi connectivity index (χ1n) is 8.82. The molecule has 1 fully saturated rings. The Morgan fingerprint density at radius 3 is 2.85 bits per heavy atom. The molecule has 0 saturated carbocycles. The molecule has 0 radical (unpaired) electrons. The second kappa shape index (κ2) is 10.0. The Bertz CT molecular complexity index is 757. The second-order valence-corrected chi connectivity index (χ2v) is 8.68. The Labute approximate surface area is 166 Å². The number of aliphatic imine (C=N–C) groups is 1. The van der Waals surface area contributed by atoms with Crippen molar-refractivity contribution in [3.63, 3.8) is 0 Å². The van der Waals surface area contributed by atoms with E-state index in [1.807, 2.05) is 18.2 Å². The van der Waals surface area contributed by atoms with E-state index < -0.39 is 10.0 Å². The maximum atomic E-state index is 11.0. The summed E-state index contributed by atoms with van der Waals surface area (Å²) >= 11 is 6.14. The highest BCUT2D eigenvalue weighted by Crippen LogP contribution is 2.33. The van der Waals surface area contributed by atoms with Crippen molar-refractivity contribution in [1.82, 2.24) is 15.4 Å². The van der Waals surface area contributed by atoms with Crippen LogP contribution in [0.4, 0.5) is 5.69 Å². The van der Waals surface area contributed by atoms with Crippen molar-refractivity contribution in [1.29, 1.82) is 0 Å². The van der Waals surface area contributed by atoms with Crippen LogP contribution >= 0.6 is 11.6 Å². The standard InChI is InChI=1S/C17H28ClN5O3S/c1-19-17(20-8-4-9-21-27(3,24)25)22-14-7-10-23(12-14)15-11-13(18)5-6-16(15)26-2/h5-6,11,14,21H,4,7-10,12H2,1-3H3,(H2,19,20,22). The number of nitrogens with one attached hydrogen (secondary N) is 3. The van der Waals surface area contributed by atoms with Crippen LogP contribution in [0.5, 0.6) is 5.75 Å². The van der Waals surface area contributed by atoms with Crippen molar-refractivity contribution < 1.29 is 13.2 Å². The highest BCUT2D eigenvalue weighted by Gasteiger charge is 2.25. The molecule has 0 bridgehead atoms. The molecule has 3 N–H and O–H groups in total. The van der Waals surface area contributed by atoms with Gasteiger partial charge in [0, 0.05) is 44.3 Å². The van der Waals surface area contributed by atoms with Crippen molar-refractivity contribution in [2.75, 3.05) is 51.5 Å². The van der Waals surface area contributed by atoms with Gasteiger partial charge in [-0.3, -0.25) is 4.99 Å². The number of nitrogens with zero attached hydrogens (tertiary/aromatic N) is 2. The first-order valence-corrected chi connectivity index (χ1v) is 11.1. The first kappa shape index (κ1) is 21.6. The van der Waals surface area contributed by atoms with E-state index >= 15 is 0 Å². The van der Waals surface area contributed by atoms with Crippen molar-refractivity contribution in [2.45, 2.75) is 18.9 Å². The van der Waals surface area contributed by atoms with Crippen molar-refractivity contribution in [2.24, 2.45) is 4.99 Å². The van der Waals surface area contributed by atoms with Crippen LogP contribution in [0, 0.1) is 0 Å². The van der Waals surface area contributed by atoms with Gasteiger partial charge in [-0.2, -0.15) is 0 Å². The van der Waals surface area contributed by atoms with Crippen molar-refractivity contribution >= 4 is 33.3 Å². The minimum atomic E-state index is -3.14. The SMILES string of the molecule is CN=C(NCCCNS(C)(=O)=O)NC1CCN(c2cc(Cl)ccc2OC)C1. The van der Waals surface area contributed by atoms with Gasteiger partial charge in [-0.15, -0.1) is 0 Å². The molecule has 1 saturated heterocycles. The number of hydrogen-bond donors (Lipinski definition) is 3. The lowest BCUT2D eigenvalue weighted by Gasteiger charge is -2.22. The molecule has 152 valence electrons. The number of ether oxygens (including phenoxy) is 1. The van der Waals surface area contributed by atoms with E-state index in [1.54, 1.807) is 14.2 Å². The fourth-order valence-electron chi connectivity index (χ4n) is 2.95. The Hall–Kier alpha value is -1.71. The number of halogens is 1. The molecule has 0 amide bonds. The van der Waals surface area contributed by atoms with Gasteiger partial charge in [0.1, 0.15) is 5.75 Å². The summed E-state index contributed by atoms with van der Waals surface area (Å²) in [6.07, 6.45) is 2.79. The zero-order valence-corrected chi connectivity index (χ0v) is 17.5. The van der Waals surface area contributed by atoms with Crippen LogP contribution in [0.3, 0.4) is 0 Å². The summed E-state index contributed by atoms with van der Waals surface area (Å²) in [5, 5.41) is 7.30. The van der Waals surface area contributed by atoms with Gasteiger partial charge in [-0.1, -0.05) is 11.6 Å². The largest absolute Gasteiger partial charge is 0.495 e. The number of methoxy groups -OCH3 is 1. The topological polar surface area (TPSA) is 95.1 Å². The van der Waals surface area contributed by atoms with Gasteiger partial charge in [-0.25, -0.2) is 13.1 Å². The lowest BCUT2D eigenvalue weighted by Crippen LogP contribution is -2.45. The lowest BCUT2D eigenvalue weighted by atomic mass is 10.2. The van der Waals surface area contributed by atoms with Gasteiger partial charge in [-0.05, 0) is 31.0 Å². The van der Waals surface area contributed by atoms with E-state index in [1.165, 1.54) is 0 Å². The summed E-state index contributed by atoms with van der Waals surface area (Å²) in [6.45, 7) is 2.73. The average Bonchev–Trinajstić information content (AvgIpc) is 3.07. The third-order valence-electron chi connectivity index (χ3n) is 4.24. The zero-order valence-electron chi connectivity index (χ0n) is 16.0. The molecular weight excluding hydrogens is 390 g/mol. The molecule has 1 aromatic carbocycles. The van der Waals surface area contributed by atoms with Crippen LogP contribution in [-0.4, -0.2) is 67.0 Å². The van der Waals surface area contributed by atoms with E-state index in [-0.39, 0.29) is 6.04 Å². The van der Waals surface area contributed by atoms with Crippen LogP contribution in [0.15, 0.2) is 23.2 Å². The summed E-state index contributed by atoms with van der Waals surface area (Å²) in [5.41, 5.74) is 0.990. The maximum absolute atomic E-state index is 11.0. The van der Waals surface area contributed by atoms with Crippen LogP contribution in [0.2, 0.25) is 5.02 Å². The summed E-state index contributed by atoms with van der Waals surface area (Å²) in [6, 6.07) is 5.86. The van der Waals surface area contributed by atoms with Gasteiger partial charge in [0.15, 0.2) is 5.96 Å². The highest BCUT2D eigenvalue weighted by molar-refractivity contribution is 7.88. The van der Waals surface area contributed by atoms with Gasteiger partial charge < -0.3 is 20.3 Å². The molecule has 8 nitrogen and oxygen atoms in total. The van der Waals surface area contributed by atoms with Gasteiger partial charge in [0.25, 0.3) is 0 Å². The average molecular weight is 418 g/mol. The fourth-order valence-corrected chi connectivity index (χ4v) is 3.63. The molecule has 1 aliphatic rings. The third-order valence-corrected chi connectivity index (χ3v) is 5.21. The normalized spacial score (nSPS) is 17.9. The van der Waals surface area contributed by atoms with E-state index in [0.29, 0.717) is 30.5 Å². The molecule has 1 atom stereocenters. The minimum Gasteiger partial charge on any atom is -0.495 e. The van der Waals surface area contributed by atoms with E-state index in [2.05, 4.69) is 25.2 Å². The summed E-state index contributed by atoms with van der Waals surface area (Å²) < 4.78 is 30.0. The summed E-state index contributed by atoms with van der Waals surface area (Å²) in [4.78, 5) is 6.48. The quantitative estimate of drug-likeness (QED) is 0.332. The summed E-state index contributed by atoms with van der Waals surface area (Å²) in [5.74, 6) is 1.51. The number of rotatable bonds is 8. The highest BCUT2D eigenvalue weighted by atomic mass is 35.5. The van der Waals surface area contributed by atoms with Crippen LogP contribution in [0.25, 0.3) is 0 Å². The minimum absolute atomic E-state index is 0.244. The predicted octanol–water partition coefficient (Wildman–Crippen LogP) is 1.03. The lowest BCUT2D eigenvalue weighted by molar-refractivity contribution is 0.415. The molecular formula is C17H28ClN5O3S. The Kier molecular flexibility index (Phi) is 8.00. The molecule has 1 aromatic rings. The van der Waals surface area contributed by atoms with E-state index in [0.717, 1.165) is 37.2 Å². The van der Waals surface area contributed by atoms with Crippen molar-refractivity contribution in [3.8, 4) is 5.75 Å². The molecule has 0 aromatic heterocycles. The molecule has 10 heteroatoms. The summed E-state index contributed by atoms with van der Waals surface area (Å²) in [7, 11) is 0.236. The number of anilines is 1. The van der Waals surface area contributed by atoms with Gasteiger partial charge in [0.05, 0.1) is 19.1 Å². The zero-order chi connectivity index (χ0) is 19.9. The Morgan fingerprint density at radius 2 is 2.19 bits per heavy atom. The number of benzene rings is 1. The smallest absolute Gasteiger partial charge is 0.208 e. The first-order chi connectivity index (χ1) is 12.8. The predicted molar refractivity (Wildman–Crippen MR) is 111 cm³/mol. The third kappa shape index (κ3) is 7.08. The Balaban J connectivity index is 1.81. The molecule has 1 unspecified atom stereocenters. The number of guanidine groups is 1. The second-order valence-electron chi connectivity index (χ2n) is 6.41. The molecule has 1 heterocycles. The maximum Gasteiger partial charge on any atom is 0.208 e. The fraction of sp³-hybridized carbons (Fsp3) is 0.588. The van der Waals surface area contributed by atoms with Crippen LogP contribution in [-0.2, 0) is 10.0 Å². The van der Waals surface area contributed by atoms with E-state index in [4.69, 9.17) is 16.3 Å². The molecule has 0 spiro atoms. The van der Waals surface area contributed by atoms with Gasteiger partial charge >= 0.3 is 0 Å². The van der Waals surface area contributed by atoms with Gasteiger partial charge in [0.2, 0.25) is 10.0 Å². The molecule has 0 aliphatic carbocycles. The van der Waals surface area contributed by atoms with E-state index in [9.17, 15) is 8.42 Å². The molecule has 27 heavy (non-hydrogen) atoms. The van der Waals surface area contributed by atoms with Crippen LogP contribution in [0.1, 0.15) is 12.8 Å². The van der Waals surface area contributed by atoms with Crippen LogP contribution < -0.4 is 25.0 Å².